The molecule has 1 saturated heterocycles. The first-order valence-corrected chi connectivity index (χ1v) is 12.6. The number of nitrogens with zero attached hydrogens (tertiary/aromatic N) is 3. The van der Waals surface area contributed by atoms with E-state index in [1.165, 1.54) is 24.8 Å². The minimum atomic E-state index is -0.595. The minimum absolute atomic E-state index is 0.153. The highest BCUT2D eigenvalue weighted by Gasteiger charge is 2.39. The van der Waals surface area contributed by atoms with Crippen LogP contribution in [0.5, 0.6) is 0 Å². The number of rotatable bonds is 6. The van der Waals surface area contributed by atoms with Crippen LogP contribution in [0.1, 0.15) is 60.0 Å². The number of benzene rings is 2. The largest absolute Gasteiger partial charge is 0.322 e. The lowest BCUT2D eigenvalue weighted by Gasteiger charge is -2.36. The topological polar surface area (TPSA) is 82.1 Å². The number of amides is 3. The summed E-state index contributed by atoms with van der Waals surface area (Å²) < 4.78 is 0. The molecule has 2 aromatic rings. The molecular weight excluding hydrogens is 440 g/mol. The van der Waals surface area contributed by atoms with Crippen LogP contribution in [0.4, 0.5) is 5.69 Å². The third kappa shape index (κ3) is 5.05. The van der Waals surface area contributed by atoms with Crippen LogP contribution in [-0.4, -0.2) is 52.9 Å². The number of nitrogens with one attached hydrogen (secondary N) is 1. The summed E-state index contributed by atoms with van der Waals surface area (Å²) in [6.45, 7) is 1.29. The molecule has 3 atom stereocenters. The molecule has 0 aromatic heterocycles. The zero-order valence-electron chi connectivity index (χ0n) is 20.2. The van der Waals surface area contributed by atoms with Gasteiger partial charge in [-0.25, -0.2) is 0 Å². The molecule has 7 heteroatoms. The van der Waals surface area contributed by atoms with E-state index < -0.39 is 6.04 Å². The van der Waals surface area contributed by atoms with E-state index in [1.807, 2.05) is 24.3 Å². The van der Waals surface area contributed by atoms with Gasteiger partial charge in [0.25, 0.3) is 5.91 Å². The summed E-state index contributed by atoms with van der Waals surface area (Å²) >= 11 is 0. The Morgan fingerprint density at radius 1 is 1.06 bits per heavy atom. The van der Waals surface area contributed by atoms with Crippen LogP contribution in [0.15, 0.2) is 53.5 Å². The Hall–Kier alpha value is -3.32. The fourth-order valence-corrected chi connectivity index (χ4v) is 5.67. The van der Waals surface area contributed by atoms with Gasteiger partial charge in [-0.1, -0.05) is 43.2 Å². The first kappa shape index (κ1) is 23.4. The van der Waals surface area contributed by atoms with Gasteiger partial charge in [-0.3, -0.25) is 29.6 Å². The maximum absolute atomic E-state index is 12.9. The fourth-order valence-electron chi connectivity index (χ4n) is 5.67. The van der Waals surface area contributed by atoms with Crippen molar-refractivity contribution >= 4 is 29.6 Å². The summed E-state index contributed by atoms with van der Waals surface area (Å²) in [4.78, 5) is 45.5. The van der Waals surface area contributed by atoms with Crippen LogP contribution in [0.3, 0.4) is 0 Å². The molecule has 2 aliphatic heterocycles. The number of carbonyl (C=O) groups is 3. The summed E-state index contributed by atoms with van der Waals surface area (Å²) in [7, 11) is 2.20. The quantitative estimate of drug-likeness (QED) is 0.512. The molecule has 1 N–H and O–H groups in total. The number of piperidine rings is 1. The van der Waals surface area contributed by atoms with Crippen molar-refractivity contribution in [1.82, 2.24) is 15.1 Å². The van der Waals surface area contributed by atoms with E-state index >= 15 is 0 Å². The molecule has 3 aliphatic rings. The highest BCUT2D eigenvalue weighted by Crippen LogP contribution is 2.32. The van der Waals surface area contributed by atoms with Crippen LogP contribution in [0, 0.1) is 5.92 Å². The lowest BCUT2D eigenvalue weighted by molar-refractivity contribution is -0.136. The molecule has 0 bridgehead atoms. The Labute approximate surface area is 206 Å². The van der Waals surface area contributed by atoms with E-state index in [2.05, 4.69) is 47.7 Å². The van der Waals surface area contributed by atoms with E-state index in [4.69, 9.17) is 4.99 Å². The molecule has 182 valence electrons. The molecule has 2 unspecified atom stereocenters. The highest BCUT2D eigenvalue weighted by atomic mass is 16.2. The lowest BCUT2D eigenvalue weighted by Crippen LogP contribution is -2.52. The lowest BCUT2D eigenvalue weighted by atomic mass is 9.84. The first-order valence-electron chi connectivity index (χ1n) is 12.6. The van der Waals surface area contributed by atoms with Gasteiger partial charge in [0.15, 0.2) is 0 Å². The zero-order valence-corrected chi connectivity index (χ0v) is 20.2. The molecule has 2 aromatic carbocycles. The molecule has 7 nitrogen and oxygen atoms in total. The van der Waals surface area contributed by atoms with E-state index in [9.17, 15) is 14.4 Å². The second-order valence-electron chi connectivity index (χ2n) is 9.94. The Kier molecular flexibility index (Phi) is 6.77. The van der Waals surface area contributed by atoms with Gasteiger partial charge in [-0.15, -0.1) is 0 Å². The minimum Gasteiger partial charge on any atom is -0.322 e. The van der Waals surface area contributed by atoms with Crippen LogP contribution in [0.25, 0.3) is 0 Å². The monoisotopic (exact) mass is 472 g/mol. The van der Waals surface area contributed by atoms with E-state index in [-0.39, 0.29) is 24.1 Å². The van der Waals surface area contributed by atoms with Crippen molar-refractivity contribution in [1.29, 1.82) is 0 Å². The standard InChI is InChI=1S/C28H32N4O3/c1-31(17-19-7-3-2-4-8-19)24-10-6-5-9-20(24)16-29-22-11-12-23-21(15-22)18-32(28(23)35)25-13-14-26(33)30-27(25)34/h2-4,7-8,11-12,15-16,20,24-25H,5-6,9-10,13-14,17-18H2,1H3,(H,30,33,34)/t20?,24-,25?/m0/s1. The predicted octanol–water partition coefficient (Wildman–Crippen LogP) is 3.84. The second kappa shape index (κ2) is 10.1. The molecule has 0 radical (unpaired) electrons. The zero-order chi connectivity index (χ0) is 24.4. The summed E-state index contributed by atoms with van der Waals surface area (Å²) in [6, 6.07) is 16.1. The van der Waals surface area contributed by atoms with Crippen LogP contribution in [0.2, 0.25) is 0 Å². The number of aliphatic imine (C=N–C) groups is 1. The fraction of sp³-hybridized carbons (Fsp3) is 0.429. The normalized spacial score (nSPS) is 24.8. The van der Waals surface area contributed by atoms with Gasteiger partial charge in [0.2, 0.25) is 11.8 Å². The Morgan fingerprint density at radius 2 is 1.86 bits per heavy atom. The van der Waals surface area contributed by atoms with Crippen molar-refractivity contribution in [2.45, 2.75) is 63.7 Å². The van der Waals surface area contributed by atoms with Gasteiger partial charge in [-0.2, -0.15) is 0 Å². The van der Waals surface area contributed by atoms with Crippen molar-refractivity contribution in [2.75, 3.05) is 7.05 Å². The third-order valence-corrected chi connectivity index (χ3v) is 7.54. The maximum atomic E-state index is 12.9. The highest BCUT2D eigenvalue weighted by molar-refractivity contribution is 6.05. The molecule has 2 heterocycles. The molecule has 1 aliphatic carbocycles. The predicted molar refractivity (Wildman–Crippen MR) is 134 cm³/mol. The van der Waals surface area contributed by atoms with Crippen molar-refractivity contribution in [3.05, 3.63) is 65.2 Å². The molecule has 3 amide bonds. The van der Waals surface area contributed by atoms with Gasteiger partial charge >= 0.3 is 0 Å². The van der Waals surface area contributed by atoms with Gasteiger partial charge in [0, 0.05) is 43.2 Å². The Bertz CT molecular complexity index is 1150. The maximum Gasteiger partial charge on any atom is 0.255 e. The van der Waals surface area contributed by atoms with Gasteiger partial charge in [0.1, 0.15) is 6.04 Å². The van der Waals surface area contributed by atoms with E-state index in [1.54, 1.807) is 4.90 Å². The number of hydrogen-bond donors (Lipinski definition) is 1. The van der Waals surface area contributed by atoms with Gasteiger partial charge in [0.05, 0.1) is 5.69 Å². The van der Waals surface area contributed by atoms with Gasteiger partial charge in [-0.05, 0) is 55.6 Å². The summed E-state index contributed by atoms with van der Waals surface area (Å²) in [5.74, 6) is -0.432. The van der Waals surface area contributed by atoms with Crippen LogP contribution < -0.4 is 5.32 Å². The molecule has 1 saturated carbocycles. The van der Waals surface area contributed by atoms with Crippen molar-refractivity contribution < 1.29 is 14.4 Å². The summed E-state index contributed by atoms with van der Waals surface area (Å²) in [5.41, 5.74) is 3.65. The Morgan fingerprint density at radius 3 is 2.66 bits per heavy atom. The summed E-state index contributed by atoms with van der Waals surface area (Å²) in [5, 5.41) is 2.35. The molecule has 35 heavy (non-hydrogen) atoms. The van der Waals surface area contributed by atoms with Crippen LogP contribution in [-0.2, 0) is 22.7 Å². The Balaban J connectivity index is 1.27. The third-order valence-electron chi connectivity index (χ3n) is 7.54. The molecular formula is C28H32N4O3. The number of fused-ring (bicyclic) bond motifs is 1. The molecule has 5 rings (SSSR count). The molecule has 2 fully saturated rings. The average Bonchev–Trinajstić information content (AvgIpc) is 3.19. The summed E-state index contributed by atoms with van der Waals surface area (Å²) in [6.07, 6.45) is 7.47. The average molecular weight is 473 g/mol. The number of carbonyl (C=O) groups excluding carboxylic acids is 3. The smallest absolute Gasteiger partial charge is 0.255 e. The van der Waals surface area contributed by atoms with E-state index in [0.717, 1.165) is 24.2 Å². The SMILES string of the molecule is CN(Cc1ccccc1)[C@H]1CCCCC1C=Nc1ccc2c(c1)CN(C1CCC(=O)NC1=O)C2=O. The van der Waals surface area contributed by atoms with Crippen molar-refractivity contribution in [3.8, 4) is 0 Å². The number of imide groups is 1. The van der Waals surface area contributed by atoms with Crippen molar-refractivity contribution in [3.63, 3.8) is 0 Å². The van der Waals surface area contributed by atoms with Crippen LogP contribution >= 0.6 is 0 Å². The first-order chi connectivity index (χ1) is 17.0. The van der Waals surface area contributed by atoms with Gasteiger partial charge < -0.3 is 4.90 Å². The number of hydrogen-bond acceptors (Lipinski definition) is 5. The van der Waals surface area contributed by atoms with Crippen molar-refractivity contribution in [2.24, 2.45) is 10.9 Å². The second-order valence-corrected chi connectivity index (χ2v) is 9.94. The van der Waals surface area contributed by atoms with E-state index in [0.29, 0.717) is 30.5 Å². The molecule has 0 spiro atoms.